The Morgan fingerprint density at radius 3 is 3.20 bits per heavy atom. The number of likely N-dealkylation sites (tertiary alicyclic amines) is 1. The van der Waals surface area contributed by atoms with Crippen molar-refractivity contribution in [2.24, 2.45) is 0 Å². The van der Waals surface area contributed by atoms with Crippen molar-refractivity contribution in [1.82, 2.24) is 9.88 Å². The van der Waals surface area contributed by atoms with Crippen LogP contribution in [0.25, 0.3) is 0 Å². The number of aliphatic carboxylic acids is 1. The van der Waals surface area contributed by atoms with Crippen LogP contribution >= 0.6 is 0 Å². The number of carboxylic acid groups (broad SMARTS) is 1. The Labute approximate surface area is 88.6 Å². The minimum atomic E-state index is -0.759. The van der Waals surface area contributed by atoms with E-state index in [1.54, 1.807) is 6.20 Å². The molecule has 2 rings (SSSR count). The molecule has 0 unspecified atom stereocenters. The third-order valence-corrected chi connectivity index (χ3v) is 2.77. The number of rotatable bonds is 3. The van der Waals surface area contributed by atoms with Crippen molar-refractivity contribution in [3.63, 3.8) is 0 Å². The molecule has 2 heterocycles. The van der Waals surface area contributed by atoms with Gasteiger partial charge < -0.3 is 5.11 Å². The highest BCUT2D eigenvalue weighted by Crippen LogP contribution is 2.30. The number of carbonyl (C=O) groups is 1. The minimum Gasteiger partial charge on any atom is -0.480 e. The Morgan fingerprint density at radius 2 is 2.53 bits per heavy atom. The van der Waals surface area contributed by atoms with E-state index in [9.17, 15) is 4.79 Å². The van der Waals surface area contributed by atoms with Gasteiger partial charge in [-0.05, 0) is 31.0 Å². The zero-order valence-corrected chi connectivity index (χ0v) is 8.47. The molecule has 0 saturated carbocycles. The van der Waals surface area contributed by atoms with E-state index in [0.717, 1.165) is 24.9 Å². The number of aromatic nitrogens is 1. The van der Waals surface area contributed by atoms with Gasteiger partial charge in [0.05, 0.1) is 6.54 Å². The minimum absolute atomic E-state index is 0.125. The summed E-state index contributed by atoms with van der Waals surface area (Å²) in [4.78, 5) is 16.7. The lowest BCUT2D eigenvalue weighted by Gasteiger charge is -2.22. The third-order valence-electron chi connectivity index (χ3n) is 2.77. The Hall–Kier alpha value is -1.42. The van der Waals surface area contributed by atoms with E-state index in [2.05, 4.69) is 4.98 Å². The van der Waals surface area contributed by atoms with Crippen molar-refractivity contribution in [3.05, 3.63) is 30.1 Å². The van der Waals surface area contributed by atoms with E-state index in [4.69, 9.17) is 5.11 Å². The first kappa shape index (κ1) is 10.1. The molecule has 0 bridgehead atoms. The molecule has 1 saturated heterocycles. The second-order valence-electron chi connectivity index (χ2n) is 3.81. The summed E-state index contributed by atoms with van der Waals surface area (Å²) in [7, 11) is 0. The van der Waals surface area contributed by atoms with Gasteiger partial charge in [-0.3, -0.25) is 14.7 Å². The van der Waals surface area contributed by atoms with E-state index in [1.165, 1.54) is 0 Å². The first-order valence-corrected chi connectivity index (χ1v) is 5.13. The number of hydrogen-bond acceptors (Lipinski definition) is 3. The molecule has 80 valence electrons. The Balaban J connectivity index is 2.11. The van der Waals surface area contributed by atoms with Gasteiger partial charge in [-0.1, -0.05) is 6.07 Å². The SMILES string of the molecule is O=C(O)CN1CCC[C@@H]1c1cccnc1. The van der Waals surface area contributed by atoms with E-state index < -0.39 is 5.97 Å². The first-order valence-electron chi connectivity index (χ1n) is 5.13. The molecular weight excluding hydrogens is 192 g/mol. The fourth-order valence-electron chi connectivity index (χ4n) is 2.14. The monoisotopic (exact) mass is 206 g/mol. The van der Waals surface area contributed by atoms with Gasteiger partial charge in [0, 0.05) is 18.4 Å². The quantitative estimate of drug-likeness (QED) is 0.810. The number of pyridine rings is 1. The van der Waals surface area contributed by atoms with Gasteiger partial charge in [-0.25, -0.2) is 0 Å². The van der Waals surface area contributed by atoms with Crippen molar-refractivity contribution < 1.29 is 9.90 Å². The van der Waals surface area contributed by atoms with Crippen molar-refractivity contribution in [2.75, 3.05) is 13.1 Å². The third kappa shape index (κ3) is 2.33. The summed E-state index contributed by atoms with van der Waals surface area (Å²) >= 11 is 0. The molecule has 1 aromatic rings. The van der Waals surface area contributed by atoms with Crippen LogP contribution in [0.5, 0.6) is 0 Å². The maximum absolute atomic E-state index is 10.7. The molecule has 1 fully saturated rings. The van der Waals surface area contributed by atoms with E-state index in [-0.39, 0.29) is 12.6 Å². The van der Waals surface area contributed by atoms with Crippen molar-refractivity contribution in [1.29, 1.82) is 0 Å². The first-order chi connectivity index (χ1) is 7.27. The Morgan fingerprint density at radius 1 is 1.67 bits per heavy atom. The highest BCUT2D eigenvalue weighted by atomic mass is 16.4. The molecule has 0 amide bonds. The largest absolute Gasteiger partial charge is 0.480 e. The maximum atomic E-state index is 10.7. The van der Waals surface area contributed by atoms with Crippen LogP contribution in [0.1, 0.15) is 24.4 Å². The average Bonchev–Trinajstić information content (AvgIpc) is 2.66. The van der Waals surface area contributed by atoms with Crippen molar-refractivity contribution in [3.8, 4) is 0 Å². The molecular formula is C11H14N2O2. The molecule has 4 heteroatoms. The van der Waals surface area contributed by atoms with Crippen LogP contribution in [0, 0.1) is 0 Å². The lowest BCUT2D eigenvalue weighted by Crippen LogP contribution is -2.29. The summed E-state index contributed by atoms with van der Waals surface area (Å²) in [5.74, 6) is -0.759. The highest BCUT2D eigenvalue weighted by Gasteiger charge is 2.27. The predicted octanol–water partition coefficient (Wildman–Crippen LogP) is 1.30. The Bertz CT molecular complexity index is 340. The molecule has 4 nitrogen and oxygen atoms in total. The zero-order chi connectivity index (χ0) is 10.7. The molecule has 1 aliphatic rings. The molecule has 0 spiro atoms. The molecule has 0 radical (unpaired) electrons. The average molecular weight is 206 g/mol. The van der Waals surface area contributed by atoms with Crippen LogP contribution in [0.4, 0.5) is 0 Å². The van der Waals surface area contributed by atoms with E-state index in [1.807, 2.05) is 23.2 Å². The number of hydrogen-bond donors (Lipinski definition) is 1. The molecule has 1 aromatic heterocycles. The molecule has 0 aromatic carbocycles. The standard InChI is InChI=1S/C11H14N2O2/c14-11(15)8-13-6-2-4-10(13)9-3-1-5-12-7-9/h1,3,5,7,10H,2,4,6,8H2,(H,14,15)/t10-/m1/s1. The van der Waals surface area contributed by atoms with E-state index in [0.29, 0.717) is 0 Å². The molecule has 15 heavy (non-hydrogen) atoms. The highest BCUT2D eigenvalue weighted by molar-refractivity contribution is 5.69. The van der Waals surface area contributed by atoms with Crippen LogP contribution in [0.3, 0.4) is 0 Å². The maximum Gasteiger partial charge on any atom is 0.317 e. The zero-order valence-electron chi connectivity index (χ0n) is 8.47. The van der Waals surface area contributed by atoms with Gasteiger partial charge in [0.15, 0.2) is 0 Å². The molecule has 1 atom stereocenters. The molecule has 1 aliphatic heterocycles. The Kier molecular flexibility index (Phi) is 2.97. The van der Waals surface area contributed by atoms with Gasteiger partial charge in [0.1, 0.15) is 0 Å². The van der Waals surface area contributed by atoms with Gasteiger partial charge in [0.25, 0.3) is 0 Å². The normalized spacial score (nSPS) is 21.7. The topological polar surface area (TPSA) is 53.4 Å². The summed E-state index contributed by atoms with van der Waals surface area (Å²) in [5, 5.41) is 8.78. The van der Waals surface area contributed by atoms with Gasteiger partial charge in [-0.2, -0.15) is 0 Å². The van der Waals surface area contributed by atoms with Crippen molar-refractivity contribution in [2.45, 2.75) is 18.9 Å². The summed E-state index contributed by atoms with van der Waals surface area (Å²) in [6, 6.07) is 4.14. The lowest BCUT2D eigenvalue weighted by molar-refractivity contribution is -0.138. The van der Waals surface area contributed by atoms with Crippen LogP contribution in [0.2, 0.25) is 0 Å². The number of carboxylic acids is 1. The van der Waals surface area contributed by atoms with Gasteiger partial charge in [0.2, 0.25) is 0 Å². The molecule has 1 N–H and O–H groups in total. The summed E-state index contributed by atoms with van der Waals surface area (Å²) in [6.45, 7) is 0.991. The fraction of sp³-hybridized carbons (Fsp3) is 0.455. The smallest absolute Gasteiger partial charge is 0.317 e. The van der Waals surface area contributed by atoms with E-state index >= 15 is 0 Å². The van der Waals surface area contributed by atoms with Gasteiger partial charge in [-0.15, -0.1) is 0 Å². The molecule has 0 aliphatic carbocycles. The second-order valence-corrected chi connectivity index (χ2v) is 3.81. The predicted molar refractivity (Wildman–Crippen MR) is 55.4 cm³/mol. The van der Waals surface area contributed by atoms with Crippen LogP contribution in [-0.2, 0) is 4.79 Å². The fourth-order valence-corrected chi connectivity index (χ4v) is 2.14. The summed E-state index contributed by atoms with van der Waals surface area (Å²) in [5.41, 5.74) is 1.12. The second kappa shape index (κ2) is 4.40. The van der Waals surface area contributed by atoms with Crippen LogP contribution in [0.15, 0.2) is 24.5 Å². The van der Waals surface area contributed by atoms with Crippen molar-refractivity contribution >= 4 is 5.97 Å². The number of nitrogens with zero attached hydrogens (tertiary/aromatic N) is 2. The lowest BCUT2D eigenvalue weighted by atomic mass is 10.1. The van der Waals surface area contributed by atoms with Gasteiger partial charge >= 0.3 is 5.97 Å². The van der Waals surface area contributed by atoms with Crippen LogP contribution < -0.4 is 0 Å². The van der Waals surface area contributed by atoms with Crippen LogP contribution in [-0.4, -0.2) is 34.0 Å². The summed E-state index contributed by atoms with van der Waals surface area (Å²) in [6.07, 6.45) is 5.65. The summed E-state index contributed by atoms with van der Waals surface area (Å²) < 4.78 is 0.